The molecule has 4 nitrogen and oxygen atoms in total. The monoisotopic (exact) mass is 203 g/mol. The molecule has 1 rings (SSSR count). The van der Waals surface area contributed by atoms with E-state index in [1.807, 2.05) is 0 Å². The molecule has 0 spiro atoms. The van der Waals surface area contributed by atoms with E-state index in [4.69, 9.17) is 0 Å². The van der Waals surface area contributed by atoms with Gasteiger partial charge in [0.15, 0.2) is 5.75 Å². The normalized spacial score (nSPS) is 10.2. The molecule has 0 aliphatic rings. The van der Waals surface area contributed by atoms with Crippen molar-refractivity contribution in [2.75, 3.05) is 6.61 Å². The summed E-state index contributed by atoms with van der Waals surface area (Å²) >= 11 is 0. The molecule has 0 saturated heterocycles. The highest BCUT2D eigenvalue weighted by Gasteiger charge is 2.14. The molecule has 0 radical (unpaired) electrons. The number of nitro groups is 1. The zero-order valence-corrected chi connectivity index (χ0v) is 7.02. The number of hydrogen-bond donors (Lipinski definition) is 0. The number of rotatable bonds is 4. The molecule has 14 heavy (non-hydrogen) atoms. The van der Waals surface area contributed by atoms with Crippen LogP contribution in [0.1, 0.15) is 0 Å². The Labute approximate surface area is 78.3 Å². The minimum absolute atomic E-state index is 0.141. The fraction of sp³-hybridized carbons (Fsp3) is 0.250. The maximum absolute atomic E-state index is 11.8. The fourth-order valence-electron chi connectivity index (χ4n) is 0.883. The third-order valence-corrected chi connectivity index (χ3v) is 1.43. The van der Waals surface area contributed by atoms with Crippen molar-refractivity contribution in [1.29, 1.82) is 0 Å². The number of para-hydroxylation sites is 2. The summed E-state index contributed by atoms with van der Waals surface area (Å²) in [5.74, 6) is -0.141. The third kappa shape index (κ3) is 2.65. The Morgan fingerprint density at radius 1 is 1.43 bits per heavy atom. The van der Waals surface area contributed by atoms with E-state index in [1.54, 1.807) is 0 Å². The summed E-state index contributed by atoms with van der Waals surface area (Å²) < 4.78 is 28.1. The molecule has 6 heteroatoms. The molecular weight excluding hydrogens is 196 g/mol. The lowest BCUT2D eigenvalue weighted by atomic mass is 10.3. The van der Waals surface area contributed by atoms with Gasteiger partial charge in [-0.15, -0.1) is 0 Å². The Morgan fingerprint density at radius 2 is 2.07 bits per heavy atom. The van der Waals surface area contributed by atoms with Gasteiger partial charge in [0, 0.05) is 6.07 Å². The molecule has 0 heterocycles. The largest absolute Gasteiger partial charge is 0.481 e. The first-order valence-electron chi connectivity index (χ1n) is 3.75. The fourth-order valence-corrected chi connectivity index (χ4v) is 0.883. The van der Waals surface area contributed by atoms with Crippen molar-refractivity contribution in [3.05, 3.63) is 34.4 Å². The van der Waals surface area contributed by atoms with Gasteiger partial charge in [0.2, 0.25) is 0 Å². The maximum Gasteiger partial charge on any atom is 0.310 e. The van der Waals surface area contributed by atoms with Crippen LogP contribution in [0, 0.1) is 10.1 Å². The van der Waals surface area contributed by atoms with Crippen molar-refractivity contribution in [3.8, 4) is 5.75 Å². The highest BCUT2D eigenvalue weighted by molar-refractivity contribution is 5.45. The van der Waals surface area contributed by atoms with E-state index >= 15 is 0 Å². The number of alkyl halides is 2. The summed E-state index contributed by atoms with van der Waals surface area (Å²) in [6, 6.07) is 5.39. The van der Waals surface area contributed by atoms with Crippen LogP contribution < -0.4 is 4.74 Å². The molecular formula is C8H7F2NO3. The standard InChI is InChI=1S/C8H7F2NO3/c9-8(10)5-14-7-4-2-1-3-6(7)11(12)13/h1-4,8H,5H2. The smallest absolute Gasteiger partial charge is 0.310 e. The molecule has 0 aliphatic heterocycles. The molecule has 0 atom stereocenters. The molecule has 0 unspecified atom stereocenters. The van der Waals surface area contributed by atoms with Crippen LogP contribution in [0.2, 0.25) is 0 Å². The molecule has 0 bridgehead atoms. The lowest BCUT2D eigenvalue weighted by Crippen LogP contribution is -2.08. The zero-order valence-electron chi connectivity index (χ0n) is 7.02. The second-order valence-electron chi connectivity index (χ2n) is 2.43. The van der Waals surface area contributed by atoms with Gasteiger partial charge in [-0.1, -0.05) is 12.1 Å². The third-order valence-electron chi connectivity index (χ3n) is 1.43. The van der Waals surface area contributed by atoms with Gasteiger partial charge in [-0.05, 0) is 6.07 Å². The van der Waals surface area contributed by atoms with Gasteiger partial charge in [-0.3, -0.25) is 10.1 Å². The molecule has 76 valence electrons. The summed E-state index contributed by atoms with van der Waals surface area (Å²) in [4.78, 5) is 9.72. The molecule has 0 N–H and O–H groups in total. The molecule has 0 saturated carbocycles. The number of ether oxygens (including phenoxy) is 1. The van der Waals surface area contributed by atoms with Crippen LogP contribution in [0.25, 0.3) is 0 Å². The van der Waals surface area contributed by atoms with Gasteiger partial charge in [0.05, 0.1) is 4.92 Å². The Morgan fingerprint density at radius 3 is 2.64 bits per heavy atom. The highest BCUT2D eigenvalue weighted by atomic mass is 19.3. The van der Waals surface area contributed by atoms with Gasteiger partial charge in [-0.25, -0.2) is 8.78 Å². The predicted molar refractivity (Wildman–Crippen MR) is 44.6 cm³/mol. The first-order valence-corrected chi connectivity index (χ1v) is 3.75. The molecule has 0 amide bonds. The highest BCUT2D eigenvalue weighted by Crippen LogP contribution is 2.25. The van der Waals surface area contributed by atoms with E-state index in [-0.39, 0.29) is 11.4 Å². The maximum atomic E-state index is 11.8. The van der Waals surface area contributed by atoms with E-state index in [0.717, 1.165) is 0 Å². The lowest BCUT2D eigenvalue weighted by Gasteiger charge is -2.04. The number of halogens is 2. The van der Waals surface area contributed by atoms with Gasteiger partial charge in [-0.2, -0.15) is 0 Å². The summed E-state index contributed by atoms with van der Waals surface area (Å²) in [5, 5.41) is 10.4. The first-order chi connectivity index (χ1) is 6.61. The SMILES string of the molecule is O=[N+]([O-])c1ccccc1OCC(F)F. The zero-order chi connectivity index (χ0) is 10.6. The van der Waals surface area contributed by atoms with E-state index in [2.05, 4.69) is 4.74 Å². The number of nitro benzene ring substituents is 1. The van der Waals surface area contributed by atoms with Crippen molar-refractivity contribution < 1.29 is 18.4 Å². The van der Waals surface area contributed by atoms with Crippen molar-refractivity contribution in [1.82, 2.24) is 0 Å². The van der Waals surface area contributed by atoms with Crippen LogP contribution >= 0.6 is 0 Å². The van der Waals surface area contributed by atoms with Gasteiger partial charge < -0.3 is 4.74 Å². The van der Waals surface area contributed by atoms with Gasteiger partial charge >= 0.3 is 5.69 Å². The van der Waals surface area contributed by atoms with E-state index in [9.17, 15) is 18.9 Å². The molecule has 0 aromatic heterocycles. The second-order valence-corrected chi connectivity index (χ2v) is 2.43. The average molecular weight is 203 g/mol. The van der Waals surface area contributed by atoms with Crippen LogP contribution in [0.15, 0.2) is 24.3 Å². The Hall–Kier alpha value is -1.72. The molecule has 0 fully saturated rings. The first kappa shape index (κ1) is 10.4. The number of hydrogen-bond acceptors (Lipinski definition) is 3. The number of benzene rings is 1. The molecule has 0 aliphatic carbocycles. The Kier molecular flexibility index (Phi) is 3.33. The minimum atomic E-state index is -2.64. The topological polar surface area (TPSA) is 52.4 Å². The van der Waals surface area contributed by atoms with E-state index < -0.39 is 18.0 Å². The van der Waals surface area contributed by atoms with Crippen LogP contribution in [-0.4, -0.2) is 18.0 Å². The second kappa shape index (κ2) is 4.50. The van der Waals surface area contributed by atoms with Crippen molar-refractivity contribution in [2.24, 2.45) is 0 Å². The average Bonchev–Trinajstić information content (AvgIpc) is 2.15. The van der Waals surface area contributed by atoms with E-state index in [0.29, 0.717) is 0 Å². The van der Waals surface area contributed by atoms with Crippen LogP contribution in [0.3, 0.4) is 0 Å². The van der Waals surface area contributed by atoms with E-state index in [1.165, 1.54) is 24.3 Å². The van der Waals surface area contributed by atoms with Crippen molar-refractivity contribution in [3.63, 3.8) is 0 Å². The quantitative estimate of drug-likeness (QED) is 0.557. The van der Waals surface area contributed by atoms with Crippen LogP contribution in [0.4, 0.5) is 14.5 Å². The number of nitrogens with zero attached hydrogens (tertiary/aromatic N) is 1. The van der Waals surface area contributed by atoms with Crippen molar-refractivity contribution in [2.45, 2.75) is 6.43 Å². The van der Waals surface area contributed by atoms with Crippen LogP contribution in [0.5, 0.6) is 5.75 Å². The summed E-state index contributed by atoms with van der Waals surface area (Å²) in [6.45, 7) is -0.842. The Bertz CT molecular complexity index is 330. The summed E-state index contributed by atoms with van der Waals surface area (Å²) in [6.07, 6.45) is -2.64. The summed E-state index contributed by atoms with van der Waals surface area (Å²) in [5.41, 5.74) is -0.312. The van der Waals surface area contributed by atoms with Crippen LogP contribution in [-0.2, 0) is 0 Å². The molecule has 1 aromatic rings. The molecule has 1 aromatic carbocycles. The predicted octanol–water partition coefficient (Wildman–Crippen LogP) is 2.24. The lowest BCUT2D eigenvalue weighted by molar-refractivity contribution is -0.385. The van der Waals surface area contributed by atoms with Crippen molar-refractivity contribution >= 4 is 5.69 Å². The van der Waals surface area contributed by atoms with Gasteiger partial charge in [0.25, 0.3) is 6.43 Å². The summed E-state index contributed by atoms with van der Waals surface area (Å²) in [7, 11) is 0. The Balaban J connectivity index is 2.79. The van der Waals surface area contributed by atoms with Gasteiger partial charge in [0.1, 0.15) is 6.61 Å². The minimum Gasteiger partial charge on any atom is -0.481 e.